The lowest BCUT2D eigenvalue weighted by molar-refractivity contribution is -0.136. The highest BCUT2D eigenvalue weighted by atomic mass is 16.2. The van der Waals surface area contributed by atoms with Crippen molar-refractivity contribution in [1.82, 2.24) is 20.4 Å². The first-order chi connectivity index (χ1) is 14.5. The average Bonchev–Trinajstić information content (AvgIpc) is 3.28. The first-order valence-corrected chi connectivity index (χ1v) is 9.91. The van der Waals surface area contributed by atoms with Crippen molar-refractivity contribution >= 4 is 17.7 Å². The van der Waals surface area contributed by atoms with Crippen LogP contribution in [0.4, 0.5) is 0 Å². The Balaban J connectivity index is 1.50. The number of H-pyrrole nitrogens is 1. The number of hydrogen-bond acceptors (Lipinski definition) is 4. The summed E-state index contributed by atoms with van der Waals surface area (Å²) in [6, 6.07) is 15.1. The lowest BCUT2D eigenvalue weighted by atomic mass is 9.96. The lowest BCUT2D eigenvalue weighted by Crippen LogP contribution is -2.52. The summed E-state index contributed by atoms with van der Waals surface area (Å²) in [7, 11) is 0. The molecule has 0 bridgehead atoms. The van der Waals surface area contributed by atoms with Crippen molar-refractivity contribution in [1.29, 1.82) is 0 Å². The molecular formula is C23H20N4O3. The third kappa shape index (κ3) is 2.90. The fourth-order valence-corrected chi connectivity index (χ4v) is 4.32. The Labute approximate surface area is 173 Å². The molecule has 0 aliphatic carbocycles. The van der Waals surface area contributed by atoms with Crippen LogP contribution in [0.25, 0.3) is 22.4 Å². The first-order valence-electron chi connectivity index (χ1n) is 9.91. The topological polar surface area (TPSA) is 95.2 Å². The van der Waals surface area contributed by atoms with Crippen LogP contribution in [0.5, 0.6) is 0 Å². The second-order valence-electron chi connectivity index (χ2n) is 7.71. The third-order valence-electron chi connectivity index (χ3n) is 5.81. The van der Waals surface area contributed by atoms with Crippen molar-refractivity contribution in [2.24, 2.45) is 0 Å². The first kappa shape index (κ1) is 18.3. The largest absolute Gasteiger partial charge is 0.322 e. The Morgan fingerprint density at radius 3 is 2.60 bits per heavy atom. The zero-order chi connectivity index (χ0) is 20.8. The number of aryl methyl sites for hydroxylation is 1. The van der Waals surface area contributed by atoms with E-state index in [1.807, 2.05) is 55.5 Å². The summed E-state index contributed by atoms with van der Waals surface area (Å²) in [4.78, 5) is 38.2. The summed E-state index contributed by atoms with van der Waals surface area (Å²) in [6.07, 6.45) is 0.604. The van der Waals surface area contributed by atoms with Gasteiger partial charge in [0, 0.05) is 35.3 Å². The molecule has 2 aliphatic rings. The van der Waals surface area contributed by atoms with E-state index in [2.05, 4.69) is 15.5 Å². The molecule has 2 aromatic carbocycles. The van der Waals surface area contributed by atoms with Gasteiger partial charge in [0.15, 0.2) is 0 Å². The van der Waals surface area contributed by atoms with Gasteiger partial charge >= 0.3 is 0 Å². The molecule has 0 saturated carbocycles. The van der Waals surface area contributed by atoms with Crippen LogP contribution in [0.2, 0.25) is 0 Å². The van der Waals surface area contributed by atoms with E-state index in [1.54, 1.807) is 4.90 Å². The van der Waals surface area contributed by atoms with Gasteiger partial charge < -0.3 is 4.90 Å². The predicted octanol–water partition coefficient (Wildman–Crippen LogP) is 2.81. The Morgan fingerprint density at radius 1 is 1.03 bits per heavy atom. The molecule has 2 aliphatic heterocycles. The molecule has 2 N–H and O–H groups in total. The van der Waals surface area contributed by atoms with Gasteiger partial charge in [0.1, 0.15) is 11.7 Å². The molecule has 5 rings (SSSR count). The number of imide groups is 1. The van der Waals surface area contributed by atoms with Crippen LogP contribution >= 0.6 is 0 Å². The van der Waals surface area contributed by atoms with E-state index in [-0.39, 0.29) is 18.2 Å². The maximum Gasteiger partial charge on any atom is 0.255 e. The number of rotatable bonds is 3. The number of carbonyl (C=O) groups is 3. The minimum Gasteiger partial charge on any atom is -0.322 e. The van der Waals surface area contributed by atoms with Gasteiger partial charge in [-0.2, -0.15) is 5.10 Å². The molecule has 3 heterocycles. The summed E-state index contributed by atoms with van der Waals surface area (Å²) in [5.74, 6) is -0.852. The molecule has 1 fully saturated rings. The monoisotopic (exact) mass is 400 g/mol. The zero-order valence-electron chi connectivity index (χ0n) is 16.4. The van der Waals surface area contributed by atoms with Gasteiger partial charge in [-0.15, -0.1) is 0 Å². The van der Waals surface area contributed by atoms with Crippen LogP contribution < -0.4 is 5.32 Å². The van der Waals surface area contributed by atoms with E-state index >= 15 is 0 Å². The minimum absolute atomic E-state index is 0.168. The number of benzene rings is 2. The van der Waals surface area contributed by atoms with Gasteiger partial charge in [-0.1, -0.05) is 36.4 Å². The number of hydrogen-bond donors (Lipinski definition) is 2. The van der Waals surface area contributed by atoms with Gasteiger partial charge in [0.05, 0.1) is 0 Å². The van der Waals surface area contributed by atoms with Gasteiger partial charge in [0.25, 0.3) is 5.91 Å². The Hall–Kier alpha value is -3.74. The van der Waals surface area contributed by atoms with Crippen molar-refractivity contribution in [2.75, 3.05) is 0 Å². The van der Waals surface area contributed by atoms with E-state index < -0.39 is 11.9 Å². The molecule has 150 valence electrons. The second kappa shape index (κ2) is 6.95. The normalized spacial score (nSPS) is 18.5. The summed E-state index contributed by atoms with van der Waals surface area (Å²) < 4.78 is 0. The van der Waals surface area contributed by atoms with Crippen LogP contribution in [0, 0.1) is 6.92 Å². The molecule has 7 heteroatoms. The van der Waals surface area contributed by atoms with Crippen LogP contribution in [-0.2, 0) is 16.1 Å². The minimum atomic E-state index is -0.610. The van der Waals surface area contributed by atoms with Crippen LogP contribution in [0.15, 0.2) is 48.5 Å². The molecule has 1 unspecified atom stereocenters. The quantitative estimate of drug-likeness (QED) is 0.661. The van der Waals surface area contributed by atoms with E-state index in [4.69, 9.17) is 0 Å². The number of amides is 3. The second-order valence-corrected chi connectivity index (χ2v) is 7.71. The van der Waals surface area contributed by atoms with Crippen LogP contribution in [-0.4, -0.2) is 38.9 Å². The highest BCUT2D eigenvalue weighted by molar-refractivity contribution is 6.05. The standard InChI is InChI=1S/C23H20N4O3/c1-13-20(21(26-25-13)14-5-3-2-4-6-14)15-7-8-17-16(11-15)12-27(23(17)30)18-9-10-19(28)24-22(18)29/h2-8,11,18H,9-10,12H2,1H3,(H,25,26)(H,24,28,29). The molecular weight excluding hydrogens is 380 g/mol. The van der Waals surface area contributed by atoms with Crippen molar-refractivity contribution < 1.29 is 14.4 Å². The SMILES string of the molecule is Cc1[nH]nc(-c2ccccc2)c1-c1ccc2c(c1)CN(C1CCC(=O)NC1=O)C2=O. The van der Waals surface area contributed by atoms with Gasteiger partial charge in [-0.25, -0.2) is 0 Å². The smallest absolute Gasteiger partial charge is 0.255 e. The molecule has 3 amide bonds. The maximum absolute atomic E-state index is 12.9. The van der Waals surface area contributed by atoms with Gasteiger partial charge in [0.2, 0.25) is 11.8 Å². The highest BCUT2D eigenvalue weighted by Gasteiger charge is 2.39. The number of aromatic nitrogens is 2. The van der Waals surface area contributed by atoms with E-state index in [9.17, 15) is 14.4 Å². The van der Waals surface area contributed by atoms with E-state index in [1.165, 1.54) is 0 Å². The number of fused-ring (bicyclic) bond motifs is 1. The summed E-state index contributed by atoms with van der Waals surface area (Å²) in [5.41, 5.74) is 6.26. The van der Waals surface area contributed by atoms with Crippen LogP contribution in [0.1, 0.15) is 34.5 Å². The third-order valence-corrected chi connectivity index (χ3v) is 5.81. The molecule has 1 atom stereocenters. The molecule has 7 nitrogen and oxygen atoms in total. The molecule has 3 aromatic rings. The van der Waals surface area contributed by atoms with Crippen molar-refractivity contribution in [3.8, 4) is 22.4 Å². The van der Waals surface area contributed by atoms with Crippen LogP contribution in [0.3, 0.4) is 0 Å². The Morgan fingerprint density at radius 2 is 1.83 bits per heavy atom. The van der Waals surface area contributed by atoms with Gasteiger partial charge in [-0.3, -0.25) is 24.8 Å². The summed E-state index contributed by atoms with van der Waals surface area (Å²) in [6.45, 7) is 2.33. The Bertz CT molecular complexity index is 1180. The average molecular weight is 400 g/mol. The lowest BCUT2D eigenvalue weighted by Gasteiger charge is -2.29. The summed E-state index contributed by atoms with van der Waals surface area (Å²) >= 11 is 0. The van der Waals surface area contributed by atoms with Crippen molar-refractivity contribution in [2.45, 2.75) is 32.4 Å². The molecule has 0 radical (unpaired) electrons. The van der Waals surface area contributed by atoms with Crippen molar-refractivity contribution in [3.05, 3.63) is 65.4 Å². The number of carbonyl (C=O) groups excluding carboxylic acids is 3. The fourth-order valence-electron chi connectivity index (χ4n) is 4.32. The van der Waals surface area contributed by atoms with Crippen molar-refractivity contribution in [3.63, 3.8) is 0 Å². The number of nitrogens with zero attached hydrogens (tertiary/aromatic N) is 2. The highest BCUT2D eigenvalue weighted by Crippen LogP contribution is 2.36. The molecule has 0 spiro atoms. The number of piperidine rings is 1. The van der Waals surface area contributed by atoms with Gasteiger partial charge in [-0.05, 0) is 36.6 Å². The molecule has 30 heavy (non-hydrogen) atoms. The number of nitrogens with one attached hydrogen (secondary N) is 2. The Kier molecular flexibility index (Phi) is 4.24. The fraction of sp³-hybridized carbons (Fsp3) is 0.217. The molecule has 1 saturated heterocycles. The van der Waals surface area contributed by atoms with E-state index in [0.29, 0.717) is 18.5 Å². The number of aromatic amines is 1. The van der Waals surface area contributed by atoms with E-state index in [0.717, 1.165) is 33.6 Å². The molecule has 1 aromatic heterocycles. The maximum atomic E-state index is 12.9. The summed E-state index contributed by atoms with van der Waals surface area (Å²) in [5, 5.41) is 9.89. The predicted molar refractivity (Wildman–Crippen MR) is 110 cm³/mol. The zero-order valence-corrected chi connectivity index (χ0v) is 16.4.